The minimum absolute atomic E-state index is 0. The van der Waals surface area contributed by atoms with E-state index in [2.05, 4.69) is 5.32 Å². The maximum absolute atomic E-state index is 13.6. The molecule has 5 heteroatoms. The lowest BCUT2D eigenvalue weighted by atomic mass is 10.1. The highest BCUT2D eigenvalue weighted by molar-refractivity contribution is 6.30. The Hall–Kier alpha value is -2.07. The van der Waals surface area contributed by atoms with Gasteiger partial charge in [-0.25, -0.2) is 4.39 Å². The van der Waals surface area contributed by atoms with Gasteiger partial charge in [-0.2, -0.15) is 0 Å². The van der Waals surface area contributed by atoms with Crippen LogP contribution in [0, 0.1) is 5.82 Å². The molecule has 0 unspecified atom stereocenters. The summed E-state index contributed by atoms with van der Waals surface area (Å²) in [6.07, 6.45) is 0.666. The summed E-state index contributed by atoms with van der Waals surface area (Å²) in [6, 6.07) is 22.5. The van der Waals surface area contributed by atoms with Crippen LogP contribution in [0.5, 0.6) is 5.75 Å². The fourth-order valence-corrected chi connectivity index (χ4v) is 2.78. The van der Waals surface area contributed by atoms with E-state index in [4.69, 9.17) is 16.3 Å². The van der Waals surface area contributed by atoms with Crippen molar-refractivity contribution >= 4 is 24.0 Å². The molecular formula is C22H22Cl2FNO. The standard InChI is InChI=1S/C22H21ClFNO.ClH/c23-20-10-8-17(9-11-20)16-26-21-6-3-4-18(14-21)15-25-13-12-19-5-1-2-7-22(19)24;/h1-11,14,25H,12-13,15-16H2;1H. The van der Waals surface area contributed by atoms with E-state index in [0.29, 0.717) is 19.6 Å². The second-order valence-electron chi connectivity index (χ2n) is 6.08. The van der Waals surface area contributed by atoms with Crippen molar-refractivity contribution in [3.05, 3.63) is 100 Å². The summed E-state index contributed by atoms with van der Waals surface area (Å²) in [5.74, 6) is 0.681. The highest BCUT2D eigenvalue weighted by Gasteiger charge is 2.01. The molecule has 0 aliphatic heterocycles. The molecule has 142 valence electrons. The van der Waals surface area contributed by atoms with Crippen LogP contribution in [-0.2, 0) is 19.6 Å². The molecule has 0 bridgehead atoms. The van der Waals surface area contributed by atoms with E-state index in [1.807, 2.05) is 60.7 Å². The first-order valence-electron chi connectivity index (χ1n) is 8.61. The summed E-state index contributed by atoms with van der Waals surface area (Å²) in [5.41, 5.74) is 2.94. The summed E-state index contributed by atoms with van der Waals surface area (Å²) < 4.78 is 19.4. The van der Waals surface area contributed by atoms with Crippen LogP contribution in [-0.4, -0.2) is 6.54 Å². The van der Waals surface area contributed by atoms with Crippen molar-refractivity contribution in [2.24, 2.45) is 0 Å². The van der Waals surface area contributed by atoms with E-state index < -0.39 is 0 Å². The van der Waals surface area contributed by atoms with Crippen molar-refractivity contribution in [3.8, 4) is 5.75 Å². The quantitative estimate of drug-likeness (QED) is 0.477. The van der Waals surface area contributed by atoms with Crippen LogP contribution in [0.1, 0.15) is 16.7 Å². The van der Waals surface area contributed by atoms with Gasteiger partial charge in [0.1, 0.15) is 18.2 Å². The zero-order valence-electron chi connectivity index (χ0n) is 14.8. The van der Waals surface area contributed by atoms with Crippen LogP contribution in [0.4, 0.5) is 4.39 Å². The van der Waals surface area contributed by atoms with Crippen molar-refractivity contribution in [3.63, 3.8) is 0 Å². The second-order valence-corrected chi connectivity index (χ2v) is 6.52. The number of rotatable bonds is 8. The number of hydrogen-bond acceptors (Lipinski definition) is 2. The minimum atomic E-state index is -0.146. The molecule has 0 aliphatic rings. The van der Waals surface area contributed by atoms with Gasteiger partial charge in [0.2, 0.25) is 0 Å². The maximum atomic E-state index is 13.6. The largest absolute Gasteiger partial charge is 0.489 e. The second kappa shape index (κ2) is 10.9. The van der Waals surface area contributed by atoms with Gasteiger partial charge in [-0.05, 0) is 60.0 Å². The van der Waals surface area contributed by atoms with Crippen LogP contribution in [0.15, 0.2) is 72.8 Å². The van der Waals surface area contributed by atoms with Crippen molar-refractivity contribution in [1.29, 1.82) is 0 Å². The summed E-state index contributed by atoms with van der Waals surface area (Å²) in [5, 5.41) is 4.07. The smallest absolute Gasteiger partial charge is 0.126 e. The Labute approximate surface area is 170 Å². The SMILES string of the molecule is Cl.Fc1ccccc1CCNCc1cccc(OCc2ccc(Cl)cc2)c1. The van der Waals surface area contributed by atoms with Crippen LogP contribution in [0.3, 0.4) is 0 Å². The van der Waals surface area contributed by atoms with Gasteiger partial charge in [-0.3, -0.25) is 0 Å². The summed E-state index contributed by atoms with van der Waals surface area (Å²) in [7, 11) is 0. The summed E-state index contributed by atoms with van der Waals surface area (Å²) in [6.45, 7) is 1.94. The first kappa shape index (κ1) is 21.2. The van der Waals surface area contributed by atoms with E-state index in [-0.39, 0.29) is 18.2 Å². The van der Waals surface area contributed by atoms with Gasteiger partial charge in [-0.15, -0.1) is 12.4 Å². The number of hydrogen-bond donors (Lipinski definition) is 1. The predicted molar refractivity (Wildman–Crippen MR) is 111 cm³/mol. The van der Waals surface area contributed by atoms with E-state index in [1.165, 1.54) is 6.07 Å². The van der Waals surface area contributed by atoms with Gasteiger partial charge in [0.25, 0.3) is 0 Å². The molecule has 1 N–H and O–H groups in total. The fourth-order valence-electron chi connectivity index (χ4n) is 2.65. The monoisotopic (exact) mass is 405 g/mol. The minimum Gasteiger partial charge on any atom is -0.489 e. The summed E-state index contributed by atoms with van der Waals surface area (Å²) >= 11 is 5.89. The lowest BCUT2D eigenvalue weighted by Gasteiger charge is -2.09. The number of nitrogens with one attached hydrogen (secondary N) is 1. The Morgan fingerprint density at radius 1 is 0.889 bits per heavy atom. The molecule has 0 fully saturated rings. The van der Waals surface area contributed by atoms with Crippen LogP contribution in [0.2, 0.25) is 5.02 Å². The van der Waals surface area contributed by atoms with Crippen molar-refractivity contribution < 1.29 is 9.13 Å². The lowest BCUT2D eigenvalue weighted by molar-refractivity contribution is 0.306. The van der Waals surface area contributed by atoms with Crippen molar-refractivity contribution in [2.75, 3.05) is 6.54 Å². The Morgan fingerprint density at radius 3 is 2.44 bits per heavy atom. The highest BCUT2D eigenvalue weighted by Crippen LogP contribution is 2.16. The molecule has 0 saturated heterocycles. The van der Waals surface area contributed by atoms with E-state index in [9.17, 15) is 4.39 Å². The molecule has 0 atom stereocenters. The average molecular weight is 406 g/mol. The Balaban J connectivity index is 0.00000261. The van der Waals surface area contributed by atoms with Crippen LogP contribution >= 0.6 is 24.0 Å². The molecule has 0 amide bonds. The topological polar surface area (TPSA) is 21.3 Å². The fraction of sp³-hybridized carbons (Fsp3) is 0.182. The molecule has 0 radical (unpaired) electrons. The first-order valence-corrected chi connectivity index (χ1v) is 8.99. The van der Waals surface area contributed by atoms with Crippen LogP contribution in [0.25, 0.3) is 0 Å². The third-order valence-corrected chi connectivity index (χ3v) is 4.33. The molecular weight excluding hydrogens is 384 g/mol. The van der Waals surface area contributed by atoms with E-state index in [1.54, 1.807) is 6.07 Å². The Kier molecular flexibility index (Phi) is 8.59. The number of benzene rings is 3. The zero-order chi connectivity index (χ0) is 18.2. The molecule has 3 aromatic rings. The first-order chi connectivity index (χ1) is 12.7. The molecule has 3 aromatic carbocycles. The Morgan fingerprint density at radius 2 is 1.67 bits per heavy atom. The third kappa shape index (κ3) is 6.87. The van der Waals surface area contributed by atoms with Gasteiger partial charge in [-0.1, -0.05) is 54.1 Å². The van der Waals surface area contributed by atoms with Gasteiger partial charge in [0.05, 0.1) is 0 Å². The molecule has 0 aromatic heterocycles. The molecule has 2 nitrogen and oxygen atoms in total. The maximum Gasteiger partial charge on any atom is 0.126 e. The predicted octanol–water partition coefficient (Wildman–Crippen LogP) is 5.81. The molecule has 0 saturated carbocycles. The Bertz CT molecular complexity index is 840. The van der Waals surface area contributed by atoms with E-state index >= 15 is 0 Å². The third-order valence-electron chi connectivity index (χ3n) is 4.08. The number of halogens is 3. The highest BCUT2D eigenvalue weighted by atomic mass is 35.5. The van der Waals surface area contributed by atoms with Gasteiger partial charge in [0, 0.05) is 11.6 Å². The molecule has 3 rings (SSSR count). The van der Waals surface area contributed by atoms with E-state index in [0.717, 1.165) is 34.0 Å². The van der Waals surface area contributed by atoms with Crippen LogP contribution < -0.4 is 10.1 Å². The van der Waals surface area contributed by atoms with Crippen molar-refractivity contribution in [2.45, 2.75) is 19.6 Å². The normalized spacial score (nSPS) is 10.3. The van der Waals surface area contributed by atoms with Gasteiger partial charge in [0.15, 0.2) is 0 Å². The van der Waals surface area contributed by atoms with Gasteiger partial charge < -0.3 is 10.1 Å². The molecule has 0 spiro atoms. The summed E-state index contributed by atoms with van der Waals surface area (Å²) in [4.78, 5) is 0. The average Bonchev–Trinajstić information content (AvgIpc) is 2.66. The number of ether oxygens (including phenoxy) is 1. The molecule has 0 heterocycles. The molecule has 27 heavy (non-hydrogen) atoms. The van der Waals surface area contributed by atoms with Gasteiger partial charge >= 0.3 is 0 Å². The lowest BCUT2D eigenvalue weighted by Crippen LogP contribution is -2.17. The van der Waals surface area contributed by atoms with Crippen molar-refractivity contribution in [1.82, 2.24) is 5.32 Å². The zero-order valence-corrected chi connectivity index (χ0v) is 16.4. The molecule has 0 aliphatic carbocycles.